The first-order chi connectivity index (χ1) is 17.1. The number of carbonyl (C=O) groups is 2. The van der Waals surface area contributed by atoms with Gasteiger partial charge in [-0.25, -0.2) is 0 Å². The predicted octanol–water partition coefficient (Wildman–Crippen LogP) is 3.39. The van der Waals surface area contributed by atoms with Crippen LogP contribution in [0.1, 0.15) is 23.1 Å². The molecule has 0 radical (unpaired) electrons. The molecule has 1 heterocycles. The maximum Gasteiger partial charge on any atom is 0.240 e. The molecule has 35 heavy (non-hydrogen) atoms. The molecule has 0 unspecified atom stereocenters. The summed E-state index contributed by atoms with van der Waals surface area (Å²) in [6.45, 7) is 1.67. The van der Waals surface area contributed by atoms with Crippen LogP contribution in [0.3, 0.4) is 0 Å². The van der Waals surface area contributed by atoms with E-state index in [4.69, 9.17) is 19.9 Å². The van der Waals surface area contributed by atoms with E-state index in [1.807, 2.05) is 78.9 Å². The van der Waals surface area contributed by atoms with E-state index in [0.29, 0.717) is 44.3 Å². The van der Waals surface area contributed by atoms with Gasteiger partial charge in [0.25, 0.3) is 0 Å². The molecule has 4 rings (SSSR count). The highest BCUT2D eigenvalue weighted by Crippen LogP contribution is 2.30. The van der Waals surface area contributed by atoms with Gasteiger partial charge in [0.15, 0.2) is 11.5 Å². The van der Waals surface area contributed by atoms with Crippen LogP contribution in [0.4, 0.5) is 0 Å². The van der Waals surface area contributed by atoms with Crippen molar-refractivity contribution >= 4 is 11.8 Å². The molecule has 0 aromatic heterocycles. The van der Waals surface area contributed by atoms with Crippen molar-refractivity contribution in [3.05, 3.63) is 95.6 Å². The van der Waals surface area contributed by atoms with E-state index in [1.54, 1.807) is 0 Å². The van der Waals surface area contributed by atoms with Crippen LogP contribution >= 0.6 is 0 Å². The van der Waals surface area contributed by atoms with Crippen LogP contribution in [0.15, 0.2) is 78.9 Å². The van der Waals surface area contributed by atoms with Gasteiger partial charge in [0, 0.05) is 13.0 Å². The molecule has 3 aromatic carbocycles. The minimum Gasteiger partial charge on any atom is -0.485 e. The summed E-state index contributed by atoms with van der Waals surface area (Å²) in [5.74, 6) is 0.0933. The minimum absolute atomic E-state index is 0.213. The van der Waals surface area contributed by atoms with Gasteiger partial charge in [-0.3, -0.25) is 9.59 Å². The van der Waals surface area contributed by atoms with Crippen LogP contribution < -0.4 is 20.5 Å². The number of hydrogen-bond donors (Lipinski definition) is 2. The van der Waals surface area contributed by atoms with Crippen LogP contribution in [-0.4, -0.2) is 31.1 Å². The first kappa shape index (κ1) is 24.3. The fraction of sp³-hybridized carbons (Fsp3) is 0.286. The predicted molar refractivity (Wildman–Crippen MR) is 132 cm³/mol. The topological polar surface area (TPSA) is 99.9 Å². The van der Waals surface area contributed by atoms with E-state index >= 15 is 0 Å². The van der Waals surface area contributed by atoms with Gasteiger partial charge in [-0.05, 0) is 35.2 Å². The number of rotatable bonds is 11. The van der Waals surface area contributed by atoms with E-state index in [0.717, 1.165) is 16.7 Å². The molecule has 1 fully saturated rings. The first-order valence-electron chi connectivity index (χ1n) is 11.7. The van der Waals surface area contributed by atoms with Gasteiger partial charge in [0.2, 0.25) is 11.8 Å². The quantitative estimate of drug-likeness (QED) is 0.444. The van der Waals surface area contributed by atoms with Gasteiger partial charge in [0.1, 0.15) is 19.3 Å². The molecule has 0 bridgehead atoms. The van der Waals surface area contributed by atoms with Gasteiger partial charge in [0.05, 0.1) is 12.5 Å². The summed E-state index contributed by atoms with van der Waals surface area (Å²) in [7, 11) is 0. The van der Waals surface area contributed by atoms with Crippen LogP contribution in [0, 0.1) is 5.92 Å². The summed E-state index contributed by atoms with van der Waals surface area (Å²) in [4.78, 5) is 24.6. The summed E-state index contributed by atoms with van der Waals surface area (Å²) in [6, 6.07) is 24.4. The fourth-order valence-electron chi connectivity index (χ4n) is 3.87. The van der Waals surface area contributed by atoms with Crippen molar-refractivity contribution in [2.75, 3.05) is 13.2 Å². The lowest BCUT2D eigenvalue weighted by molar-refractivity contribution is -0.129. The van der Waals surface area contributed by atoms with Crippen LogP contribution in [0.2, 0.25) is 0 Å². The number of nitrogens with two attached hydrogens (primary N) is 1. The Morgan fingerprint density at radius 3 is 2.09 bits per heavy atom. The number of primary amides is 1. The third kappa shape index (κ3) is 7.07. The summed E-state index contributed by atoms with van der Waals surface area (Å²) in [5.41, 5.74) is 8.46. The van der Waals surface area contributed by atoms with Gasteiger partial charge in [-0.15, -0.1) is 0 Å². The Labute approximate surface area is 205 Å². The Bertz CT molecular complexity index is 1110. The standard InChI is InChI=1S/C28H30N2O5/c29-27(31)24(30-28(32)23-13-14-33-19-23)15-22-11-12-25(34-17-20-7-3-1-4-8-20)26(16-22)35-18-21-9-5-2-6-10-21/h1-12,16,23-24H,13-15,17-19H2,(H2,29,31)(H,30,32)/t23-,24-/m1/s1. The summed E-state index contributed by atoms with van der Waals surface area (Å²) < 4.78 is 17.4. The molecule has 1 aliphatic heterocycles. The number of amides is 2. The molecule has 0 saturated carbocycles. The molecular weight excluding hydrogens is 444 g/mol. The molecule has 0 spiro atoms. The SMILES string of the molecule is NC(=O)[C@@H](Cc1ccc(OCc2ccccc2)c(OCc2ccccc2)c1)NC(=O)[C@@H]1CCOC1. The van der Waals surface area contributed by atoms with Crippen LogP contribution in [0.25, 0.3) is 0 Å². The molecule has 3 aromatic rings. The minimum atomic E-state index is -0.832. The average Bonchev–Trinajstić information content (AvgIpc) is 3.43. The van der Waals surface area contributed by atoms with Crippen LogP contribution in [0.5, 0.6) is 11.5 Å². The molecule has 0 aliphatic carbocycles. The summed E-state index contributed by atoms with van der Waals surface area (Å²) in [5, 5.41) is 2.78. The van der Waals surface area contributed by atoms with Crippen molar-refractivity contribution in [1.82, 2.24) is 5.32 Å². The number of hydrogen-bond acceptors (Lipinski definition) is 5. The highest BCUT2D eigenvalue weighted by Gasteiger charge is 2.27. The lowest BCUT2D eigenvalue weighted by Crippen LogP contribution is -2.48. The normalized spacial score (nSPS) is 15.8. The molecule has 3 N–H and O–H groups in total. The summed E-state index contributed by atoms with van der Waals surface area (Å²) in [6.07, 6.45) is 0.886. The molecular formula is C28H30N2O5. The Balaban J connectivity index is 1.49. The molecule has 182 valence electrons. The highest BCUT2D eigenvalue weighted by atomic mass is 16.5. The second kappa shape index (κ2) is 12.0. The monoisotopic (exact) mass is 474 g/mol. The fourth-order valence-corrected chi connectivity index (χ4v) is 3.87. The molecule has 7 nitrogen and oxygen atoms in total. The lowest BCUT2D eigenvalue weighted by atomic mass is 10.0. The highest BCUT2D eigenvalue weighted by molar-refractivity contribution is 5.88. The van der Waals surface area contributed by atoms with Gasteiger partial charge >= 0.3 is 0 Å². The Hall–Kier alpha value is -3.84. The van der Waals surface area contributed by atoms with E-state index in [9.17, 15) is 9.59 Å². The Kier molecular flexibility index (Phi) is 8.35. The third-order valence-corrected chi connectivity index (χ3v) is 5.88. The van der Waals surface area contributed by atoms with Crippen molar-refractivity contribution in [3.8, 4) is 11.5 Å². The van der Waals surface area contributed by atoms with Crippen molar-refractivity contribution < 1.29 is 23.8 Å². The van der Waals surface area contributed by atoms with E-state index in [1.165, 1.54) is 0 Å². The average molecular weight is 475 g/mol. The zero-order valence-corrected chi connectivity index (χ0v) is 19.5. The van der Waals surface area contributed by atoms with E-state index < -0.39 is 11.9 Å². The van der Waals surface area contributed by atoms with Crippen LogP contribution in [-0.2, 0) is 34.0 Å². The lowest BCUT2D eigenvalue weighted by Gasteiger charge is -2.19. The molecule has 2 atom stereocenters. The molecule has 7 heteroatoms. The van der Waals surface area contributed by atoms with Gasteiger partial charge in [-0.2, -0.15) is 0 Å². The molecule has 1 saturated heterocycles. The van der Waals surface area contributed by atoms with E-state index in [-0.39, 0.29) is 18.2 Å². The number of ether oxygens (including phenoxy) is 3. The maximum absolute atomic E-state index is 12.5. The number of benzene rings is 3. The van der Waals surface area contributed by atoms with Crippen molar-refractivity contribution in [2.24, 2.45) is 11.7 Å². The van der Waals surface area contributed by atoms with Crippen molar-refractivity contribution in [3.63, 3.8) is 0 Å². The Morgan fingerprint density at radius 1 is 0.886 bits per heavy atom. The summed E-state index contributed by atoms with van der Waals surface area (Å²) >= 11 is 0. The Morgan fingerprint density at radius 2 is 1.51 bits per heavy atom. The molecule has 1 aliphatic rings. The molecule has 2 amide bonds. The largest absolute Gasteiger partial charge is 0.485 e. The zero-order valence-electron chi connectivity index (χ0n) is 19.5. The number of nitrogens with one attached hydrogen (secondary N) is 1. The maximum atomic E-state index is 12.5. The second-order valence-electron chi connectivity index (χ2n) is 8.56. The third-order valence-electron chi connectivity index (χ3n) is 5.88. The first-order valence-corrected chi connectivity index (χ1v) is 11.7. The van der Waals surface area contributed by atoms with Crippen molar-refractivity contribution in [1.29, 1.82) is 0 Å². The van der Waals surface area contributed by atoms with Gasteiger partial charge < -0.3 is 25.3 Å². The zero-order chi connectivity index (χ0) is 24.5. The number of carbonyl (C=O) groups excluding carboxylic acids is 2. The second-order valence-corrected chi connectivity index (χ2v) is 8.56. The smallest absolute Gasteiger partial charge is 0.240 e. The van der Waals surface area contributed by atoms with Crippen molar-refractivity contribution in [2.45, 2.75) is 32.1 Å². The van der Waals surface area contributed by atoms with E-state index in [2.05, 4.69) is 5.32 Å². The van der Waals surface area contributed by atoms with Gasteiger partial charge in [-0.1, -0.05) is 66.7 Å².